The van der Waals surface area contributed by atoms with E-state index in [1.54, 1.807) is 30.3 Å². The number of nitrogens with zero attached hydrogens (tertiary/aromatic N) is 3. The summed E-state index contributed by atoms with van der Waals surface area (Å²) >= 11 is 0. The van der Waals surface area contributed by atoms with Gasteiger partial charge in [0.2, 0.25) is 5.91 Å². The first kappa shape index (κ1) is 14.5. The molecule has 20 heavy (non-hydrogen) atoms. The number of piperazine rings is 1. The van der Waals surface area contributed by atoms with Gasteiger partial charge in [0.1, 0.15) is 0 Å². The van der Waals surface area contributed by atoms with E-state index in [1.165, 1.54) is 4.90 Å². The molecule has 0 aromatic carbocycles. The van der Waals surface area contributed by atoms with Crippen molar-refractivity contribution in [2.45, 2.75) is 6.92 Å². The van der Waals surface area contributed by atoms with Crippen molar-refractivity contribution in [3.63, 3.8) is 0 Å². The van der Waals surface area contributed by atoms with Crippen molar-refractivity contribution in [2.24, 2.45) is 0 Å². The van der Waals surface area contributed by atoms with Crippen LogP contribution < -0.4 is 5.32 Å². The second-order valence-corrected chi connectivity index (χ2v) is 4.98. The maximum absolute atomic E-state index is 12.2. The van der Waals surface area contributed by atoms with Crippen molar-refractivity contribution in [1.82, 2.24) is 20.1 Å². The molecule has 1 aliphatic heterocycles. The first-order chi connectivity index (χ1) is 9.58. The van der Waals surface area contributed by atoms with E-state index >= 15 is 0 Å². The van der Waals surface area contributed by atoms with E-state index in [9.17, 15) is 9.59 Å². The maximum Gasteiger partial charge on any atom is 0.254 e. The molecule has 2 heterocycles. The van der Waals surface area contributed by atoms with E-state index in [0.29, 0.717) is 18.7 Å². The molecule has 0 radical (unpaired) electrons. The molecular weight excluding hydrogens is 256 g/mol. The van der Waals surface area contributed by atoms with E-state index in [1.807, 2.05) is 6.92 Å². The van der Waals surface area contributed by atoms with Crippen LogP contribution in [0.2, 0.25) is 0 Å². The number of aryl methyl sites for hydroxylation is 1. The second kappa shape index (κ2) is 6.47. The van der Waals surface area contributed by atoms with Gasteiger partial charge < -0.3 is 15.1 Å². The number of carbonyl (C=O) groups excluding carboxylic acids is 2. The molecule has 1 aliphatic rings. The Bertz CT molecular complexity index is 498. The van der Waals surface area contributed by atoms with E-state index in [4.69, 9.17) is 0 Å². The third-order valence-corrected chi connectivity index (χ3v) is 3.33. The molecule has 0 bridgehead atoms. The summed E-state index contributed by atoms with van der Waals surface area (Å²) < 4.78 is 0. The topological polar surface area (TPSA) is 65.5 Å². The zero-order chi connectivity index (χ0) is 14.5. The van der Waals surface area contributed by atoms with Crippen LogP contribution in [0.5, 0.6) is 0 Å². The van der Waals surface area contributed by atoms with Crippen LogP contribution in [0.25, 0.3) is 0 Å². The number of hydrogen-bond acceptors (Lipinski definition) is 4. The predicted molar refractivity (Wildman–Crippen MR) is 75.4 cm³/mol. The standard InChI is InChI=1S/C14H20N4O2/c1-11-9-12(3-4-16-11)14(20)17(2)10-13(19)18-7-5-15-6-8-18/h3-4,9,15H,5-8,10H2,1-2H3. The average Bonchev–Trinajstić information content (AvgIpc) is 2.47. The number of hydrogen-bond donors (Lipinski definition) is 1. The minimum absolute atomic E-state index is 0.00636. The van der Waals surface area contributed by atoms with Crippen LogP contribution in [0.1, 0.15) is 16.1 Å². The van der Waals surface area contributed by atoms with Gasteiger partial charge in [0.05, 0.1) is 6.54 Å². The van der Waals surface area contributed by atoms with Crippen LogP contribution in [0, 0.1) is 6.92 Å². The van der Waals surface area contributed by atoms with Gasteiger partial charge in [0.25, 0.3) is 5.91 Å². The minimum atomic E-state index is -0.154. The summed E-state index contributed by atoms with van der Waals surface area (Å²) in [4.78, 5) is 31.6. The molecule has 6 nitrogen and oxygen atoms in total. The molecule has 1 fully saturated rings. The van der Waals surface area contributed by atoms with E-state index < -0.39 is 0 Å². The summed E-state index contributed by atoms with van der Waals surface area (Å²) in [6, 6.07) is 3.40. The molecule has 0 aliphatic carbocycles. The fraction of sp³-hybridized carbons (Fsp3) is 0.500. The molecule has 1 aromatic rings. The molecule has 2 amide bonds. The monoisotopic (exact) mass is 276 g/mol. The Morgan fingerprint density at radius 1 is 1.40 bits per heavy atom. The zero-order valence-corrected chi connectivity index (χ0v) is 11.9. The van der Waals surface area contributed by atoms with Gasteiger partial charge in [-0.3, -0.25) is 14.6 Å². The van der Waals surface area contributed by atoms with Gasteiger partial charge in [-0.15, -0.1) is 0 Å². The van der Waals surface area contributed by atoms with Crippen molar-refractivity contribution in [3.05, 3.63) is 29.6 Å². The summed E-state index contributed by atoms with van der Waals surface area (Å²) in [6.07, 6.45) is 1.61. The predicted octanol–water partition coefficient (Wildman–Crippen LogP) is -0.106. The number of rotatable bonds is 3. The van der Waals surface area contributed by atoms with Gasteiger partial charge in [0.15, 0.2) is 0 Å². The van der Waals surface area contributed by atoms with Crippen LogP contribution >= 0.6 is 0 Å². The van der Waals surface area contributed by atoms with Crippen LogP contribution in [-0.4, -0.2) is 66.4 Å². The molecule has 1 N–H and O–H groups in total. The summed E-state index contributed by atoms with van der Waals surface area (Å²) in [5.41, 5.74) is 1.35. The van der Waals surface area contributed by atoms with Crippen LogP contribution in [-0.2, 0) is 4.79 Å². The average molecular weight is 276 g/mol. The SMILES string of the molecule is Cc1cc(C(=O)N(C)CC(=O)N2CCNCC2)ccn1. The molecular formula is C14H20N4O2. The Hall–Kier alpha value is -1.95. The molecule has 0 atom stereocenters. The summed E-state index contributed by atoms with van der Waals surface area (Å²) in [6.45, 7) is 4.98. The van der Waals surface area contributed by atoms with Gasteiger partial charge in [-0.25, -0.2) is 0 Å². The quantitative estimate of drug-likeness (QED) is 0.837. The Morgan fingerprint density at radius 2 is 2.10 bits per heavy atom. The van der Waals surface area contributed by atoms with E-state index in [-0.39, 0.29) is 18.4 Å². The first-order valence-corrected chi connectivity index (χ1v) is 6.74. The lowest BCUT2D eigenvalue weighted by atomic mass is 10.2. The number of likely N-dealkylation sites (N-methyl/N-ethyl adjacent to an activating group) is 1. The lowest BCUT2D eigenvalue weighted by Crippen LogP contribution is -2.49. The molecule has 6 heteroatoms. The van der Waals surface area contributed by atoms with Gasteiger partial charge in [-0.1, -0.05) is 0 Å². The fourth-order valence-corrected chi connectivity index (χ4v) is 2.19. The molecule has 1 aromatic heterocycles. The van der Waals surface area contributed by atoms with Crippen molar-refractivity contribution >= 4 is 11.8 Å². The van der Waals surface area contributed by atoms with Crippen molar-refractivity contribution in [1.29, 1.82) is 0 Å². The molecule has 2 rings (SSSR count). The highest BCUT2D eigenvalue weighted by Gasteiger charge is 2.20. The number of carbonyl (C=O) groups is 2. The highest BCUT2D eigenvalue weighted by atomic mass is 16.2. The fourth-order valence-electron chi connectivity index (χ4n) is 2.19. The highest BCUT2D eigenvalue weighted by Crippen LogP contribution is 2.05. The van der Waals surface area contributed by atoms with Gasteiger partial charge in [-0.2, -0.15) is 0 Å². The van der Waals surface area contributed by atoms with Crippen LogP contribution in [0.4, 0.5) is 0 Å². The third kappa shape index (κ3) is 3.54. The lowest BCUT2D eigenvalue weighted by Gasteiger charge is -2.29. The highest BCUT2D eigenvalue weighted by molar-refractivity contribution is 5.96. The second-order valence-electron chi connectivity index (χ2n) is 4.98. The molecule has 1 saturated heterocycles. The largest absolute Gasteiger partial charge is 0.339 e. The molecule has 108 valence electrons. The van der Waals surface area contributed by atoms with Gasteiger partial charge >= 0.3 is 0 Å². The summed E-state index contributed by atoms with van der Waals surface area (Å²) in [5, 5.41) is 3.20. The Labute approximate surface area is 118 Å². The molecule has 0 spiro atoms. The summed E-state index contributed by atoms with van der Waals surface area (Å²) in [7, 11) is 1.65. The Kier molecular flexibility index (Phi) is 4.68. The maximum atomic E-state index is 12.2. The van der Waals surface area contributed by atoms with Crippen LogP contribution in [0.3, 0.4) is 0 Å². The first-order valence-electron chi connectivity index (χ1n) is 6.74. The number of nitrogens with one attached hydrogen (secondary N) is 1. The Morgan fingerprint density at radius 3 is 2.75 bits per heavy atom. The number of amides is 2. The van der Waals surface area contributed by atoms with Crippen molar-refractivity contribution in [3.8, 4) is 0 Å². The van der Waals surface area contributed by atoms with Crippen molar-refractivity contribution in [2.75, 3.05) is 39.8 Å². The lowest BCUT2D eigenvalue weighted by molar-refractivity contribution is -0.132. The van der Waals surface area contributed by atoms with E-state index in [2.05, 4.69) is 10.3 Å². The number of pyridine rings is 1. The molecule has 0 saturated carbocycles. The molecule has 0 unspecified atom stereocenters. The van der Waals surface area contributed by atoms with Crippen LogP contribution in [0.15, 0.2) is 18.3 Å². The third-order valence-electron chi connectivity index (χ3n) is 3.33. The minimum Gasteiger partial charge on any atom is -0.339 e. The Balaban J connectivity index is 1.95. The normalized spacial score (nSPS) is 15.0. The van der Waals surface area contributed by atoms with Gasteiger partial charge in [0, 0.05) is 50.7 Å². The number of aromatic nitrogens is 1. The summed E-state index contributed by atoms with van der Waals surface area (Å²) in [5.74, 6) is -0.160. The van der Waals surface area contributed by atoms with Crippen molar-refractivity contribution < 1.29 is 9.59 Å². The smallest absolute Gasteiger partial charge is 0.254 e. The van der Waals surface area contributed by atoms with Gasteiger partial charge in [-0.05, 0) is 19.1 Å². The zero-order valence-electron chi connectivity index (χ0n) is 11.9. The van der Waals surface area contributed by atoms with E-state index in [0.717, 1.165) is 18.8 Å².